The van der Waals surface area contributed by atoms with Crippen molar-refractivity contribution < 1.29 is 9.59 Å². The molecule has 2 amide bonds. The third kappa shape index (κ3) is 3.45. The SMILES string of the molecule is CCC1(CC)CCN(C(=O)C(N)CC(N)=O)CC1. The lowest BCUT2D eigenvalue weighted by molar-refractivity contribution is -0.136. The summed E-state index contributed by atoms with van der Waals surface area (Å²) in [6.07, 6.45) is 4.28. The molecule has 0 aromatic rings. The zero-order valence-electron chi connectivity index (χ0n) is 11.4. The van der Waals surface area contributed by atoms with E-state index in [-0.39, 0.29) is 12.3 Å². The molecule has 0 spiro atoms. The predicted octanol–water partition coefficient (Wildman–Crippen LogP) is 0.618. The lowest BCUT2D eigenvalue weighted by Crippen LogP contribution is -2.50. The van der Waals surface area contributed by atoms with E-state index in [1.807, 2.05) is 0 Å². The second-order valence-electron chi connectivity index (χ2n) is 5.31. The van der Waals surface area contributed by atoms with Crippen molar-refractivity contribution in [3.63, 3.8) is 0 Å². The van der Waals surface area contributed by atoms with Gasteiger partial charge in [-0.05, 0) is 18.3 Å². The van der Waals surface area contributed by atoms with Crippen LogP contribution >= 0.6 is 0 Å². The van der Waals surface area contributed by atoms with Crippen LogP contribution in [0.1, 0.15) is 46.0 Å². The van der Waals surface area contributed by atoms with Gasteiger partial charge in [0.15, 0.2) is 0 Å². The van der Waals surface area contributed by atoms with E-state index in [0.29, 0.717) is 5.41 Å². The molecule has 4 N–H and O–H groups in total. The van der Waals surface area contributed by atoms with E-state index < -0.39 is 11.9 Å². The van der Waals surface area contributed by atoms with Crippen LogP contribution in [-0.4, -0.2) is 35.8 Å². The molecule has 0 saturated carbocycles. The summed E-state index contributed by atoms with van der Waals surface area (Å²) in [5.74, 6) is -0.668. The van der Waals surface area contributed by atoms with Gasteiger partial charge in [0.25, 0.3) is 0 Å². The van der Waals surface area contributed by atoms with Crippen molar-refractivity contribution >= 4 is 11.8 Å². The molecular formula is C13H25N3O2. The number of carbonyl (C=O) groups is 2. The van der Waals surface area contributed by atoms with Crippen molar-refractivity contribution in [3.8, 4) is 0 Å². The van der Waals surface area contributed by atoms with Crippen LogP contribution in [0.15, 0.2) is 0 Å². The Morgan fingerprint density at radius 1 is 1.22 bits per heavy atom. The van der Waals surface area contributed by atoms with Crippen LogP contribution in [0.25, 0.3) is 0 Å². The Kier molecular flexibility index (Phi) is 5.14. The lowest BCUT2D eigenvalue weighted by Gasteiger charge is -2.41. The molecule has 0 radical (unpaired) electrons. The molecule has 1 saturated heterocycles. The van der Waals surface area contributed by atoms with Gasteiger partial charge in [-0.15, -0.1) is 0 Å². The van der Waals surface area contributed by atoms with Crippen molar-refractivity contribution in [2.24, 2.45) is 16.9 Å². The normalized spacial score (nSPS) is 20.5. The molecule has 1 fully saturated rings. The number of hydrogen-bond acceptors (Lipinski definition) is 3. The van der Waals surface area contributed by atoms with Gasteiger partial charge in [0.1, 0.15) is 0 Å². The quantitative estimate of drug-likeness (QED) is 0.754. The molecule has 18 heavy (non-hydrogen) atoms. The maximum atomic E-state index is 12.0. The van der Waals surface area contributed by atoms with Crippen LogP contribution in [0.5, 0.6) is 0 Å². The maximum absolute atomic E-state index is 12.0. The van der Waals surface area contributed by atoms with Crippen molar-refractivity contribution in [2.45, 2.75) is 52.0 Å². The van der Waals surface area contributed by atoms with Gasteiger partial charge in [0.05, 0.1) is 12.5 Å². The molecule has 0 bridgehead atoms. The molecule has 1 aliphatic rings. The summed E-state index contributed by atoms with van der Waals surface area (Å²) >= 11 is 0. The lowest BCUT2D eigenvalue weighted by atomic mass is 9.74. The number of hydrogen-bond donors (Lipinski definition) is 2. The smallest absolute Gasteiger partial charge is 0.240 e. The summed E-state index contributed by atoms with van der Waals surface area (Å²) in [6.45, 7) is 5.90. The maximum Gasteiger partial charge on any atom is 0.240 e. The van der Waals surface area contributed by atoms with E-state index >= 15 is 0 Å². The van der Waals surface area contributed by atoms with Crippen molar-refractivity contribution in [3.05, 3.63) is 0 Å². The predicted molar refractivity (Wildman–Crippen MR) is 70.6 cm³/mol. The van der Waals surface area contributed by atoms with Crippen LogP contribution in [-0.2, 0) is 9.59 Å². The van der Waals surface area contributed by atoms with Gasteiger partial charge in [-0.2, -0.15) is 0 Å². The minimum atomic E-state index is -0.779. The van der Waals surface area contributed by atoms with Crippen molar-refractivity contribution in [1.82, 2.24) is 4.90 Å². The third-order valence-electron chi connectivity index (χ3n) is 4.37. The highest BCUT2D eigenvalue weighted by Crippen LogP contribution is 2.37. The van der Waals surface area contributed by atoms with Gasteiger partial charge in [-0.3, -0.25) is 9.59 Å². The van der Waals surface area contributed by atoms with Crippen LogP contribution in [0.2, 0.25) is 0 Å². The number of piperidine rings is 1. The number of rotatable bonds is 5. The average Bonchev–Trinajstić information content (AvgIpc) is 2.37. The van der Waals surface area contributed by atoms with E-state index in [9.17, 15) is 9.59 Å². The highest BCUT2D eigenvalue weighted by Gasteiger charge is 2.34. The van der Waals surface area contributed by atoms with E-state index in [0.717, 1.165) is 38.8 Å². The third-order valence-corrected chi connectivity index (χ3v) is 4.37. The minimum Gasteiger partial charge on any atom is -0.370 e. The van der Waals surface area contributed by atoms with Gasteiger partial charge in [0, 0.05) is 13.1 Å². The fraction of sp³-hybridized carbons (Fsp3) is 0.846. The second kappa shape index (κ2) is 6.18. The molecule has 1 aliphatic heterocycles. The highest BCUT2D eigenvalue weighted by molar-refractivity contribution is 5.87. The van der Waals surface area contributed by atoms with Gasteiger partial charge in [-0.25, -0.2) is 0 Å². The summed E-state index contributed by atoms with van der Waals surface area (Å²) < 4.78 is 0. The number of likely N-dealkylation sites (tertiary alicyclic amines) is 1. The topological polar surface area (TPSA) is 89.4 Å². The molecule has 5 nitrogen and oxygen atoms in total. The first-order valence-electron chi connectivity index (χ1n) is 6.77. The molecule has 0 aromatic heterocycles. The Bertz CT molecular complexity index is 303. The zero-order valence-corrected chi connectivity index (χ0v) is 11.4. The van der Waals surface area contributed by atoms with Crippen LogP contribution in [0.4, 0.5) is 0 Å². The largest absolute Gasteiger partial charge is 0.370 e. The summed E-state index contributed by atoms with van der Waals surface area (Å²) in [7, 11) is 0. The first-order chi connectivity index (χ1) is 8.44. The van der Waals surface area contributed by atoms with Gasteiger partial charge in [0.2, 0.25) is 11.8 Å². The van der Waals surface area contributed by atoms with Crippen LogP contribution < -0.4 is 11.5 Å². The Morgan fingerprint density at radius 2 is 1.72 bits per heavy atom. The molecule has 5 heteroatoms. The average molecular weight is 255 g/mol. The molecule has 0 aliphatic carbocycles. The first-order valence-corrected chi connectivity index (χ1v) is 6.77. The van der Waals surface area contributed by atoms with Gasteiger partial charge in [-0.1, -0.05) is 26.7 Å². The molecule has 1 unspecified atom stereocenters. The fourth-order valence-corrected chi connectivity index (χ4v) is 2.70. The second-order valence-corrected chi connectivity index (χ2v) is 5.31. The Labute approximate surface area is 109 Å². The summed E-state index contributed by atoms with van der Waals surface area (Å²) in [5, 5.41) is 0. The highest BCUT2D eigenvalue weighted by atomic mass is 16.2. The van der Waals surface area contributed by atoms with E-state index in [1.165, 1.54) is 0 Å². The van der Waals surface area contributed by atoms with Crippen LogP contribution in [0.3, 0.4) is 0 Å². The van der Waals surface area contributed by atoms with Crippen molar-refractivity contribution in [2.75, 3.05) is 13.1 Å². The Balaban J connectivity index is 2.52. The number of nitrogens with zero attached hydrogens (tertiary/aromatic N) is 1. The summed E-state index contributed by atoms with van der Waals surface area (Å²) in [6, 6.07) is -0.779. The fourth-order valence-electron chi connectivity index (χ4n) is 2.70. The molecule has 1 atom stereocenters. The number of primary amides is 1. The van der Waals surface area contributed by atoms with Gasteiger partial charge >= 0.3 is 0 Å². The molecule has 1 heterocycles. The summed E-state index contributed by atoms with van der Waals surface area (Å²) in [4.78, 5) is 24.6. The van der Waals surface area contributed by atoms with E-state index in [2.05, 4.69) is 13.8 Å². The summed E-state index contributed by atoms with van der Waals surface area (Å²) in [5.41, 5.74) is 11.1. The molecule has 1 rings (SSSR count). The minimum absolute atomic E-state index is 0.0674. The Hall–Kier alpha value is -1.10. The molecule has 0 aromatic carbocycles. The monoisotopic (exact) mass is 255 g/mol. The van der Waals surface area contributed by atoms with E-state index in [4.69, 9.17) is 11.5 Å². The molecular weight excluding hydrogens is 230 g/mol. The van der Waals surface area contributed by atoms with Gasteiger partial charge < -0.3 is 16.4 Å². The first kappa shape index (κ1) is 15.0. The van der Waals surface area contributed by atoms with Crippen molar-refractivity contribution in [1.29, 1.82) is 0 Å². The number of carbonyl (C=O) groups excluding carboxylic acids is 2. The zero-order chi connectivity index (χ0) is 13.8. The Morgan fingerprint density at radius 3 is 2.11 bits per heavy atom. The molecule has 104 valence electrons. The van der Waals surface area contributed by atoms with Crippen LogP contribution in [0, 0.1) is 5.41 Å². The number of amides is 2. The standard InChI is InChI=1S/C13H25N3O2/c1-3-13(4-2)5-7-16(8-6-13)12(18)10(14)9-11(15)17/h10H,3-9,14H2,1-2H3,(H2,15,17). The number of nitrogens with two attached hydrogens (primary N) is 2. The van der Waals surface area contributed by atoms with E-state index in [1.54, 1.807) is 4.90 Å².